The molecule has 11 heteroatoms. The number of hydrogen-bond acceptors (Lipinski definition) is 4. The van der Waals surface area contributed by atoms with Crippen molar-refractivity contribution < 1.29 is 26.4 Å². The van der Waals surface area contributed by atoms with Gasteiger partial charge in [-0.05, 0) is 45.1 Å². The molecular weight excluding hydrogens is 419 g/mol. The quantitative estimate of drug-likeness (QED) is 0.736. The molecule has 0 aliphatic carbocycles. The van der Waals surface area contributed by atoms with Crippen molar-refractivity contribution in [1.29, 1.82) is 0 Å². The van der Waals surface area contributed by atoms with Gasteiger partial charge in [0.25, 0.3) is 0 Å². The molecule has 1 aromatic carbocycles. The molecule has 1 aromatic rings. The monoisotopic (exact) mass is 441 g/mol. The summed E-state index contributed by atoms with van der Waals surface area (Å²) in [4.78, 5) is 15.5. The lowest BCUT2D eigenvalue weighted by Gasteiger charge is -2.36. The third-order valence-corrected chi connectivity index (χ3v) is 6.45. The van der Waals surface area contributed by atoms with Crippen LogP contribution in [0.15, 0.2) is 23.1 Å². The number of sulfonamides is 1. The molecular formula is C17H23ClF3N3O3S. The maximum atomic E-state index is 12.9. The van der Waals surface area contributed by atoms with Gasteiger partial charge in [-0.1, -0.05) is 11.6 Å². The van der Waals surface area contributed by atoms with Gasteiger partial charge in [0.15, 0.2) is 0 Å². The predicted octanol–water partition coefficient (Wildman–Crippen LogP) is 2.58. The Labute approximate surface area is 167 Å². The van der Waals surface area contributed by atoms with E-state index in [1.165, 1.54) is 0 Å². The van der Waals surface area contributed by atoms with Gasteiger partial charge in [-0.25, -0.2) is 13.1 Å². The van der Waals surface area contributed by atoms with Gasteiger partial charge in [-0.2, -0.15) is 13.2 Å². The van der Waals surface area contributed by atoms with E-state index < -0.39 is 31.7 Å². The first-order valence-electron chi connectivity index (χ1n) is 8.72. The topological polar surface area (TPSA) is 69.7 Å². The summed E-state index contributed by atoms with van der Waals surface area (Å²) in [5.74, 6) is -0.193. The Kier molecular flexibility index (Phi) is 7.35. The highest BCUT2D eigenvalue weighted by molar-refractivity contribution is 7.89. The van der Waals surface area contributed by atoms with Crippen molar-refractivity contribution in [2.24, 2.45) is 0 Å². The summed E-state index contributed by atoms with van der Waals surface area (Å²) >= 11 is 5.51. The molecule has 1 heterocycles. The largest absolute Gasteiger partial charge is 0.417 e. The van der Waals surface area contributed by atoms with E-state index in [1.807, 2.05) is 19.0 Å². The third-order valence-electron chi connectivity index (χ3n) is 4.66. The molecule has 158 valence electrons. The van der Waals surface area contributed by atoms with Crippen molar-refractivity contribution in [3.05, 3.63) is 28.8 Å². The highest BCUT2D eigenvalue weighted by atomic mass is 35.5. The first-order valence-corrected chi connectivity index (χ1v) is 10.6. The lowest BCUT2D eigenvalue weighted by atomic mass is 10.0. The second-order valence-electron chi connectivity index (χ2n) is 6.89. The summed E-state index contributed by atoms with van der Waals surface area (Å²) in [5, 5.41) is -0.581. The number of benzene rings is 1. The van der Waals surface area contributed by atoms with Gasteiger partial charge in [0.2, 0.25) is 15.9 Å². The van der Waals surface area contributed by atoms with Gasteiger partial charge in [-0.3, -0.25) is 4.79 Å². The number of carbonyl (C=O) groups excluding carboxylic acids is 1. The summed E-state index contributed by atoms with van der Waals surface area (Å²) < 4.78 is 65.5. The molecule has 1 saturated heterocycles. The standard InChI is InChI=1S/C17H23ClF3N3O3S/c1-23(2)12-4-3-9-24(11-12)16(25)7-8-22-28(26,27)13-5-6-15(18)14(10-13)17(19,20)21/h5-6,10,12,22H,3-4,7-9,11H2,1-2H3. The number of amides is 1. The molecule has 1 fully saturated rings. The number of carbonyl (C=O) groups is 1. The zero-order chi connectivity index (χ0) is 21.1. The number of hydrogen-bond donors (Lipinski definition) is 1. The summed E-state index contributed by atoms with van der Waals surface area (Å²) in [6.45, 7) is 0.987. The van der Waals surface area contributed by atoms with Crippen LogP contribution < -0.4 is 4.72 Å². The molecule has 1 N–H and O–H groups in total. The lowest BCUT2D eigenvalue weighted by Crippen LogP contribution is -2.48. The van der Waals surface area contributed by atoms with E-state index in [0.717, 1.165) is 25.0 Å². The number of likely N-dealkylation sites (tertiary alicyclic amines) is 1. The number of alkyl halides is 3. The van der Waals surface area contributed by atoms with Crippen LogP contribution in [-0.4, -0.2) is 63.9 Å². The summed E-state index contributed by atoms with van der Waals surface area (Å²) in [5.41, 5.74) is -1.23. The summed E-state index contributed by atoms with van der Waals surface area (Å²) in [7, 11) is -0.321. The highest BCUT2D eigenvalue weighted by Crippen LogP contribution is 2.35. The zero-order valence-corrected chi connectivity index (χ0v) is 17.2. The maximum Gasteiger partial charge on any atom is 0.417 e. The van der Waals surface area contributed by atoms with Crippen molar-refractivity contribution >= 4 is 27.5 Å². The SMILES string of the molecule is CN(C)C1CCCN(C(=O)CCNS(=O)(=O)c2ccc(Cl)c(C(F)(F)F)c2)C1. The molecule has 0 bridgehead atoms. The van der Waals surface area contributed by atoms with Crippen molar-refractivity contribution in [3.63, 3.8) is 0 Å². The fraction of sp³-hybridized carbons (Fsp3) is 0.588. The highest BCUT2D eigenvalue weighted by Gasteiger charge is 2.34. The van der Waals surface area contributed by atoms with Crippen LogP contribution in [0.25, 0.3) is 0 Å². The first kappa shape index (κ1) is 22.9. The van der Waals surface area contributed by atoms with Crippen molar-refractivity contribution in [1.82, 2.24) is 14.5 Å². The molecule has 1 atom stereocenters. The van der Waals surface area contributed by atoms with Crippen molar-refractivity contribution in [2.45, 2.75) is 36.4 Å². The molecule has 1 unspecified atom stereocenters. The van der Waals surface area contributed by atoms with Crippen molar-refractivity contribution in [2.75, 3.05) is 33.7 Å². The first-order chi connectivity index (χ1) is 12.9. The molecule has 0 radical (unpaired) electrons. The Hall–Kier alpha value is -1.36. The smallest absolute Gasteiger partial charge is 0.341 e. The van der Waals surface area contributed by atoms with Crippen LogP contribution >= 0.6 is 11.6 Å². The normalized spacial score (nSPS) is 18.5. The molecule has 1 amide bonds. The van der Waals surface area contributed by atoms with Crippen LogP contribution in [0, 0.1) is 0 Å². The Bertz CT molecular complexity index is 816. The maximum absolute atomic E-state index is 12.9. The number of nitrogens with one attached hydrogen (secondary N) is 1. The number of piperidine rings is 1. The van der Waals surface area contributed by atoms with E-state index >= 15 is 0 Å². The second kappa shape index (κ2) is 8.98. The minimum atomic E-state index is -4.77. The van der Waals surface area contributed by atoms with E-state index in [0.29, 0.717) is 19.2 Å². The minimum absolute atomic E-state index is 0.0703. The van der Waals surface area contributed by atoms with Crippen LogP contribution in [-0.2, 0) is 21.0 Å². The lowest BCUT2D eigenvalue weighted by molar-refractivity contribution is -0.137. The number of likely N-dealkylation sites (N-methyl/N-ethyl adjacent to an activating group) is 1. The van der Waals surface area contributed by atoms with Crippen LogP contribution in [0.4, 0.5) is 13.2 Å². The Balaban J connectivity index is 1.98. The van der Waals surface area contributed by atoms with Gasteiger partial charge in [-0.15, -0.1) is 0 Å². The van der Waals surface area contributed by atoms with E-state index in [1.54, 1.807) is 4.90 Å². The second-order valence-corrected chi connectivity index (χ2v) is 9.06. The Morgan fingerprint density at radius 1 is 1.36 bits per heavy atom. The van der Waals surface area contributed by atoms with Gasteiger partial charge >= 0.3 is 6.18 Å². The summed E-state index contributed by atoms with van der Waals surface area (Å²) in [6.07, 6.45) is -2.98. The van der Waals surface area contributed by atoms with E-state index in [2.05, 4.69) is 4.72 Å². The fourth-order valence-electron chi connectivity index (χ4n) is 3.03. The van der Waals surface area contributed by atoms with Gasteiger partial charge in [0, 0.05) is 32.1 Å². The predicted molar refractivity (Wildman–Crippen MR) is 99.5 cm³/mol. The molecule has 0 spiro atoms. The molecule has 0 aromatic heterocycles. The van der Waals surface area contributed by atoms with Crippen LogP contribution in [0.3, 0.4) is 0 Å². The zero-order valence-electron chi connectivity index (χ0n) is 15.6. The van der Waals surface area contributed by atoms with E-state index in [4.69, 9.17) is 11.6 Å². The molecule has 2 rings (SSSR count). The molecule has 1 aliphatic rings. The Morgan fingerprint density at radius 2 is 2.04 bits per heavy atom. The van der Waals surface area contributed by atoms with Crippen LogP contribution in [0.2, 0.25) is 5.02 Å². The average molecular weight is 442 g/mol. The van der Waals surface area contributed by atoms with Gasteiger partial charge in [0.1, 0.15) is 0 Å². The fourth-order valence-corrected chi connectivity index (χ4v) is 4.31. The Morgan fingerprint density at radius 3 is 2.64 bits per heavy atom. The van der Waals surface area contributed by atoms with Gasteiger partial charge < -0.3 is 9.80 Å². The van der Waals surface area contributed by atoms with E-state index in [9.17, 15) is 26.4 Å². The average Bonchev–Trinajstić information content (AvgIpc) is 2.60. The minimum Gasteiger partial charge on any atom is -0.341 e. The van der Waals surface area contributed by atoms with Gasteiger partial charge in [0.05, 0.1) is 15.5 Å². The van der Waals surface area contributed by atoms with Crippen LogP contribution in [0.1, 0.15) is 24.8 Å². The number of nitrogens with zero attached hydrogens (tertiary/aromatic N) is 2. The summed E-state index contributed by atoms with van der Waals surface area (Å²) in [6, 6.07) is 2.62. The number of rotatable bonds is 6. The molecule has 6 nitrogen and oxygen atoms in total. The number of halogens is 4. The third kappa shape index (κ3) is 5.82. The van der Waals surface area contributed by atoms with E-state index in [-0.39, 0.29) is 24.9 Å². The molecule has 28 heavy (non-hydrogen) atoms. The van der Waals surface area contributed by atoms with Crippen molar-refractivity contribution in [3.8, 4) is 0 Å². The molecule has 0 saturated carbocycles. The van der Waals surface area contributed by atoms with Crippen LogP contribution in [0.5, 0.6) is 0 Å². The molecule has 1 aliphatic heterocycles.